The van der Waals surface area contributed by atoms with Crippen molar-refractivity contribution in [3.8, 4) is 0 Å². The van der Waals surface area contributed by atoms with Crippen molar-refractivity contribution in [3.05, 3.63) is 29.6 Å². The largest absolute Gasteiger partial charge is 0.364 e. The number of nitrogens with one attached hydrogen (secondary N) is 1. The quantitative estimate of drug-likeness (QED) is 0.771. The van der Waals surface area contributed by atoms with E-state index in [9.17, 15) is 4.79 Å². The van der Waals surface area contributed by atoms with Gasteiger partial charge in [-0.05, 0) is 0 Å². The van der Waals surface area contributed by atoms with Crippen LogP contribution in [-0.4, -0.2) is 17.6 Å². The number of rotatable bonds is 3. The lowest BCUT2D eigenvalue weighted by atomic mass is 10.4. The molecule has 1 aromatic heterocycles. The number of hydrogen-bond acceptors (Lipinski definition) is 3. The second kappa shape index (κ2) is 3.92. The van der Waals surface area contributed by atoms with Crippen molar-refractivity contribution >= 4 is 17.5 Å². The van der Waals surface area contributed by atoms with Crippen LogP contribution in [-0.2, 0) is 0 Å². The molecule has 0 spiro atoms. The van der Waals surface area contributed by atoms with Crippen LogP contribution in [0.25, 0.3) is 0 Å². The van der Waals surface area contributed by atoms with Gasteiger partial charge in [-0.1, -0.05) is 23.3 Å². The monoisotopic (exact) mass is 186 g/mol. The average Bonchev–Trinajstić information content (AvgIpc) is 2.51. The van der Waals surface area contributed by atoms with Gasteiger partial charge in [-0.3, -0.25) is 4.79 Å². The van der Waals surface area contributed by atoms with E-state index in [-0.39, 0.29) is 18.1 Å². The van der Waals surface area contributed by atoms with E-state index in [1.807, 2.05) is 0 Å². The van der Waals surface area contributed by atoms with E-state index in [1.165, 1.54) is 12.3 Å². The predicted molar refractivity (Wildman–Crippen MR) is 43.8 cm³/mol. The van der Waals surface area contributed by atoms with Gasteiger partial charge in [-0.2, -0.15) is 0 Å². The van der Waals surface area contributed by atoms with Gasteiger partial charge in [0.05, 0.1) is 6.54 Å². The zero-order valence-corrected chi connectivity index (χ0v) is 6.97. The summed E-state index contributed by atoms with van der Waals surface area (Å²) in [4.78, 5) is 11.1. The maximum Gasteiger partial charge on any atom is 0.273 e. The smallest absolute Gasteiger partial charge is 0.273 e. The van der Waals surface area contributed by atoms with Crippen LogP contribution in [0.15, 0.2) is 28.5 Å². The third kappa shape index (κ3) is 2.39. The Kier molecular flexibility index (Phi) is 2.88. The summed E-state index contributed by atoms with van der Waals surface area (Å²) >= 11 is 5.43. The number of nitrogens with zero attached hydrogens (tertiary/aromatic N) is 1. The fourth-order valence-corrected chi connectivity index (χ4v) is 0.663. The van der Waals surface area contributed by atoms with Gasteiger partial charge >= 0.3 is 0 Å². The van der Waals surface area contributed by atoms with Crippen LogP contribution in [0.3, 0.4) is 0 Å². The molecule has 4 nitrogen and oxygen atoms in total. The van der Waals surface area contributed by atoms with E-state index in [2.05, 4.69) is 21.6 Å². The van der Waals surface area contributed by atoms with E-state index in [0.29, 0.717) is 5.03 Å². The molecule has 1 N–H and O–H groups in total. The Morgan fingerprint density at radius 3 is 3.08 bits per heavy atom. The summed E-state index contributed by atoms with van der Waals surface area (Å²) in [6.07, 6.45) is 1.32. The highest BCUT2D eigenvalue weighted by Gasteiger charge is 2.07. The second-order valence-electron chi connectivity index (χ2n) is 2.08. The molecule has 64 valence electrons. The molecule has 1 aromatic rings. The molecule has 0 radical (unpaired) electrons. The second-order valence-corrected chi connectivity index (χ2v) is 2.62. The van der Waals surface area contributed by atoms with Crippen molar-refractivity contribution in [2.24, 2.45) is 0 Å². The van der Waals surface area contributed by atoms with Crippen molar-refractivity contribution in [2.75, 3.05) is 6.54 Å². The Hall–Kier alpha value is -1.29. The molecule has 12 heavy (non-hydrogen) atoms. The third-order valence-corrected chi connectivity index (χ3v) is 1.24. The van der Waals surface area contributed by atoms with Crippen LogP contribution in [0, 0.1) is 0 Å². The fourth-order valence-electron chi connectivity index (χ4n) is 0.596. The van der Waals surface area contributed by atoms with E-state index in [1.54, 1.807) is 0 Å². The summed E-state index contributed by atoms with van der Waals surface area (Å²) in [5, 5.41) is 6.29. The molecule has 1 rings (SSSR count). The van der Waals surface area contributed by atoms with Crippen LogP contribution >= 0.6 is 11.6 Å². The van der Waals surface area contributed by atoms with Crippen LogP contribution < -0.4 is 5.32 Å². The molecular formula is C7H7ClN2O2. The number of carbonyl (C=O) groups is 1. The molecule has 0 saturated carbocycles. The summed E-state index contributed by atoms with van der Waals surface area (Å²) in [5.74, 6) is -0.328. The van der Waals surface area contributed by atoms with Crippen molar-refractivity contribution < 1.29 is 9.32 Å². The molecule has 0 saturated heterocycles. The van der Waals surface area contributed by atoms with Crippen LogP contribution in [0.2, 0.25) is 0 Å². The number of halogens is 1. The van der Waals surface area contributed by atoms with Crippen LogP contribution in [0.1, 0.15) is 10.5 Å². The Bertz CT molecular complexity index is 282. The first-order chi connectivity index (χ1) is 5.70. The lowest BCUT2D eigenvalue weighted by Gasteiger charge is -1.98. The maximum atomic E-state index is 11.1. The van der Waals surface area contributed by atoms with E-state index in [4.69, 9.17) is 11.6 Å². The minimum absolute atomic E-state index is 0.229. The van der Waals surface area contributed by atoms with Gasteiger partial charge in [0.1, 0.15) is 6.26 Å². The third-order valence-electron chi connectivity index (χ3n) is 1.11. The first kappa shape index (κ1) is 8.80. The zero-order chi connectivity index (χ0) is 8.97. The normalized spacial score (nSPS) is 9.42. The molecule has 0 aromatic carbocycles. The van der Waals surface area contributed by atoms with Gasteiger partial charge in [0.15, 0.2) is 5.69 Å². The summed E-state index contributed by atoms with van der Waals surface area (Å²) < 4.78 is 4.48. The minimum atomic E-state index is -0.328. The SMILES string of the molecule is C=C(Cl)CNC(=O)c1ccon1. The Morgan fingerprint density at radius 2 is 2.58 bits per heavy atom. The molecule has 1 amide bonds. The predicted octanol–water partition coefficient (Wildman–Crippen LogP) is 1.16. The summed E-state index contributed by atoms with van der Waals surface area (Å²) in [5.41, 5.74) is 0.230. The molecule has 0 atom stereocenters. The standard InChI is InChI=1S/C7H7ClN2O2/c1-5(8)4-9-7(11)6-2-3-12-10-6/h2-3H,1,4H2,(H,9,11). The highest BCUT2D eigenvalue weighted by molar-refractivity contribution is 6.29. The number of hydrogen-bond donors (Lipinski definition) is 1. The molecule has 5 heteroatoms. The van der Waals surface area contributed by atoms with Crippen LogP contribution in [0.4, 0.5) is 0 Å². The first-order valence-electron chi connectivity index (χ1n) is 3.22. The number of aromatic nitrogens is 1. The van der Waals surface area contributed by atoms with Gasteiger partial charge in [-0.25, -0.2) is 0 Å². The summed E-state index contributed by atoms with van der Waals surface area (Å²) in [7, 11) is 0. The molecule has 1 heterocycles. The molecule has 0 aliphatic carbocycles. The molecule has 0 aliphatic rings. The van der Waals surface area contributed by atoms with Gasteiger partial charge < -0.3 is 9.84 Å². The lowest BCUT2D eigenvalue weighted by Crippen LogP contribution is -2.24. The minimum Gasteiger partial charge on any atom is -0.364 e. The fraction of sp³-hybridized carbons (Fsp3) is 0.143. The van der Waals surface area contributed by atoms with E-state index >= 15 is 0 Å². The van der Waals surface area contributed by atoms with Crippen molar-refractivity contribution in [1.29, 1.82) is 0 Å². The summed E-state index contributed by atoms with van der Waals surface area (Å²) in [6.45, 7) is 3.64. The molecule has 0 aliphatic heterocycles. The van der Waals surface area contributed by atoms with E-state index in [0.717, 1.165) is 0 Å². The van der Waals surface area contributed by atoms with Gasteiger partial charge in [-0.15, -0.1) is 0 Å². The van der Waals surface area contributed by atoms with E-state index < -0.39 is 0 Å². The zero-order valence-electron chi connectivity index (χ0n) is 6.21. The summed E-state index contributed by atoms with van der Waals surface area (Å²) in [6, 6.07) is 1.46. The van der Waals surface area contributed by atoms with Crippen LogP contribution in [0.5, 0.6) is 0 Å². The van der Waals surface area contributed by atoms with Gasteiger partial charge in [0.25, 0.3) is 5.91 Å². The van der Waals surface area contributed by atoms with Gasteiger partial charge in [0.2, 0.25) is 0 Å². The highest BCUT2D eigenvalue weighted by atomic mass is 35.5. The van der Waals surface area contributed by atoms with Crippen molar-refractivity contribution in [1.82, 2.24) is 10.5 Å². The van der Waals surface area contributed by atoms with Gasteiger partial charge in [0, 0.05) is 11.1 Å². The number of amides is 1. The molecule has 0 bridgehead atoms. The molecular weight excluding hydrogens is 180 g/mol. The topological polar surface area (TPSA) is 55.1 Å². The Morgan fingerprint density at radius 1 is 1.83 bits per heavy atom. The Labute approximate surface area is 74.2 Å². The van der Waals surface area contributed by atoms with Crippen molar-refractivity contribution in [2.45, 2.75) is 0 Å². The maximum absolute atomic E-state index is 11.1. The molecule has 0 fully saturated rings. The number of carbonyl (C=O) groups excluding carboxylic acids is 1. The van der Waals surface area contributed by atoms with Crippen molar-refractivity contribution in [3.63, 3.8) is 0 Å². The average molecular weight is 187 g/mol. The molecule has 0 unspecified atom stereocenters. The highest BCUT2D eigenvalue weighted by Crippen LogP contribution is 1.96. The Balaban J connectivity index is 2.45. The lowest BCUT2D eigenvalue weighted by molar-refractivity contribution is 0.0948. The first-order valence-corrected chi connectivity index (χ1v) is 3.60.